The second-order valence-electron chi connectivity index (χ2n) is 4.94. The first-order chi connectivity index (χ1) is 10.3. The minimum Gasteiger partial charge on any atom is -0.338 e. The van der Waals surface area contributed by atoms with Crippen molar-refractivity contribution in [3.63, 3.8) is 0 Å². The SMILES string of the molecule is Cc1nnc(Nc2ccc(CCCl)cc2)c2ccccc12. The lowest BCUT2D eigenvalue weighted by atomic mass is 10.1. The zero-order chi connectivity index (χ0) is 14.7. The third-order valence-electron chi connectivity index (χ3n) is 3.47. The van der Waals surface area contributed by atoms with Crippen molar-refractivity contribution in [2.45, 2.75) is 13.3 Å². The predicted octanol–water partition coefficient (Wildman–Crippen LogP) is 4.46. The van der Waals surface area contributed by atoms with Crippen LogP contribution >= 0.6 is 11.6 Å². The molecule has 1 heterocycles. The molecule has 0 aliphatic carbocycles. The number of hydrogen-bond donors (Lipinski definition) is 1. The fraction of sp³-hybridized carbons (Fsp3) is 0.176. The number of halogens is 1. The Balaban J connectivity index is 1.93. The third-order valence-corrected chi connectivity index (χ3v) is 3.66. The summed E-state index contributed by atoms with van der Waals surface area (Å²) in [4.78, 5) is 0. The Morgan fingerprint density at radius 1 is 0.952 bits per heavy atom. The van der Waals surface area contributed by atoms with Crippen molar-refractivity contribution in [1.29, 1.82) is 0 Å². The normalized spacial score (nSPS) is 10.8. The molecule has 3 aromatic rings. The minimum absolute atomic E-state index is 0.640. The Morgan fingerprint density at radius 2 is 1.67 bits per heavy atom. The van der Waals surface area contributed by atoms with E-state index in [1.165, 1.54) is 5.56 Å². The molecule has 0 unspecified atom stereocenters. The lowest BCUT2D eigenvalue weighted by molar-refractivity contribution is 1.01. The highest BCUT2D eigenvalue weighted by molar-refractivity contribution is 6.18. The molecule has 0 aliphatic rings. The Labute approximate surface area is 129 Å². The third kappa shape index (κ3) is 2.98. The molecule has 0 saturated carbocycles. The van der Waals surface area contributed by atoms with Gasteiger partial charge in [0.05, 0.1) is 5.69 Å². The molecule has 0 fully saturated rings. The van der Waals surface area contributed by atoms with Gasteiger partial charge in [0.15, 0.2) is 5.82 Å². The van der Waals surface area contributed by atoms with E-state index in [1.54, 1.807) is 0 Å². The van der Waals surface area contributed by atoms with Crippen LogP contribution in [0.1, 0.15) is 11.3 Å². The quantitative estimate of drug-likeness (QED) is 0.722. The van der Waals surface area contributed by atoms with Crippen LogP contribution in [0.4, 0.5) is 11.5 Å². The van der Waals surface area contributed by atoms with Crippen LogP contribution in [-0.2, 0) is 6.42 Å². The summed E-state index contributed by atoms with van der Waals surface area (Å²) >= 11 is 5.75. The molecule has 0 spiro atoms. The zero-order valence-electron chi connectivity index (χ0n) is 11.8. The van der Waals surface area contributed by atoms with Crippen molar-refractivity contribution in [2.24, 2.45) is 0 Å². The van der Waals surface area contributed by atoms with Gasteiger partial charge in [0, 0.05) is 22.3 Å². The Kier molecular flexibility index (Phi) is 4.02. The molecule has 0 saturated heterocycles. The summed E-state index contributed by atoms with van der Waals surface area (Å²) in [6.07, 6.45) is 0.884. The zero-order valence-corrected chi connectivity index (χ0v) is 12.6. The van der Waals surface area contributed by atoms with Crippen LogP contribution in [0.25, 0.3) is 10.8 Å². The van der Waals surface area contributed by atoms with Crippen molar-refractivity contribution in [1.82, 2.24) is 10.2 Å². The molecular weight excluding hydrogens is 282 g/mol. The van der Waals surface area contributed by atoms with E-state index >= 15 is 0 Å². The number of rotatable bonds is 4. The highest BCUT2D eigenvalue weighted by atomic mass is 35.5. The topological polar surface area (TPSA) is 37.8 Å². The van der Waals surface area contributed by atoms with Crippen molar-refractivity contribution in [3.05, 3.63) is 59.8 Å². The summed E-state index contributed by atoms with van der Waals surface area (Å²) in [5, 5.41) is 14.0. The van der Waals surface area contributed by atoms with E-state index in [1.807, 2.05) is 31.2 Å². The molecule has 0 radical (unpaired) electrons. The fourth-order valence-electron chi connectivity index (χ4n) is 2.33. The van der Waals surface area contributed by atoms with Crippen molar-refractivity contribution >= 4 is 33.9 Å². The van der Waals surface area contributed by atoms with Gasteiger partial charge in [0.2, 0.25) is 0 Å². The van der Waals surface area contributed by atoms with E-state index in [2.05, 4.69) is 39.8 Å². The first-order valence-corrected chi connectivity index (χ1v) is 7.45. The van der Waals surface area contributed by atoms with E-state index in [0.29, 0.717) is 5.88 Å². The Bertz CT molecular complexity index is 754. The molecule has 21 heavy (non-hydrogen) atoms. The number of nitrogens with one attached hydrogen (secondary N) is 1. The van der Waals surface area contributed by atoms with Gasteiger partial charge in [-0.3, -0.25) is 0 Å². The number of hydrogen-bond acceptors (Lipinski definition) is 3. The number of anilines is 2. The van der Waals surface area contributed by atoms with Crippen LogP contribution in [0.2, 0.25) is 0 Å². The van der Waals surface area contributed by atoms with Gasteiger partial charge in [0.25, 0.3) is 0 Å². The van der Waals surface area contributed by atoms with Gasteiger partial charge in [-0.1, -0.05) is 36.4 Å². The molecule has 0 atom stereocenters. The maximum Gasteiger partial charge on any atom is 0.160 e. The Morgan fingerprint density at radius 3 is 2.38 bits per heavy atom. The van der Waals surface area contributed by atoms with Gasteiger partial charge in [-0.05, 0) is 31.0 Å². The Hall–Kier alpha value is -2.13. The smallest absolute Gasteiger partial charge is 0.160 e. The van der Waals surface area contributed by atoms with Gasteiger partial charge in [-0.25, -0.2) is 0 Å². The highest BCUT2D eigenvalue weighted by Crippen LogP contribution is 2.25. The van der Waals surface area contributed by atoms with Gasteiger partial charge >= 0.3 is 0 Å². The average Bonchev–Trinajstić information content (AvgIpc) is 2.52. The van der Waals surface area contributed by atoms with Crippen LogP contribution in [0.3, 0.4) is 0 Å². The minimum atomic E-state index is 0.640. The van der Waals surface area contributed by atoms with Gasteiger partial charge in [0.1, 0.15) is 0 Å². The molecule has 0 aliphatic heterocycles. The first-order valence-electron chi connectivity index (χ1n) is 6.92. The van der Waals surface area contributed by atoms with E-state index in [-0.39, 0.29) is 0 Å². The monoisotopic (exact) mass is 297 g/mol. The lowest BCUT2D eigenvalue weighted by Gasteiger charge is -2.10. The number of aromatic nitrogens is 2. The molecule has 0 bridgehead atoms. The second kappa shape index (κ2) is 6.10. The van der Waals surface area contributed by atoms with Crippen LogP contribution in [0.15, 0.2) is 48.5 Å². The molecule has 3 rings (SSSR count). The summed E-state index contributed by atoms with van der Waals surface area (Å²) in [5.41, 5.74) is 3.17. The number of nitrogens with zero attached hydrogens (tertiary/aromatic N) is 2. The largest absolute Gasteiger partial charge is 0.338 e. The molecule has 106 valence electrons. The second-order valence-corrected chi connectivity index (χ2v) is 5.32. The fourth-order valence-corrected chi connectivity index (χ4v) is 2.55. The standard InChI is InChI=1S/C17H16ClN3/c1-12-15-4-2-3-5-16(15)17(21-20-12)19-14-8-6-13(7-9-14)10-11-18/h2-9H,10-11H2,1H3,(H,19,21). The molecule has 2 aromatic carbocycles. The van der Waals surface area contributed by atoms with E-state index in [0.717, 1.165) is 34.4 Å². The van der Waals surface area contributed by atoms with Crippen molar-refractivity contribution < 1.29 is 0 Å². The number of aryl methyl sites for hydroxylation is 2. The molecule has 1 aromatic heterocycles. The van der Waals surface area contributed by atoms with Crippen LogP contribution in [0.5, 0.6) is 0 Å². The summed E-state index contributed by atoms with van der Waals surface area (Å²) in [5.74, 6) is 1.42. The summed E-state index contributed by atoms with van der Waals surface area (Å²) < 4.78 is 0. The maximum atomic E-state index is 5.75. The van der Waals surface area contributed by atoms with E-state index < -0.39 is 0 Å². The molecule has 4 heteroatoms. The number of benzene rings is 2. The molecule has 0 amide bonds. The van der Waals surface area contributed by atoms with Crippen LogP contribution in [-0.4, -0.2) is 16.1 Å². The average molecular weight is 298 g/mol. The van der Waals surface area contributed by atoms with Crippen LogP contribution in [0, 0.1) is 6.92 Å². The lowest BCUT2D eigenvalue weighted by Crippen LogP contribution is -1.99. The van der Waals surface area contributed by atoms with E-state index in [9.17, 15) is 0 Å². The summed E-state index contributed by atoms with van der Waals surface area (Å²) in [7, 11) is 0. The molecule has 1 N–H and O–H groups in total. The molecular formula is C17H16ClN3. The maximum absolute atomic E-state index is 5.75. The van der Waals surface area contributed by atoms with Crippen molar-refractivity contribution in [3.8, 4) is 0 Å². The van der Waals surface area contributed by atoms with Crippen LogP contribution < -0.4 is 5.32 Å². The van der Waals surface area contributed by atoms with Gasteiger partial charge in [-0.2, -0.15) is 5.10 Å². The first kappa shape index (κ1) is 13.8. The number of alkyl halides is 1. The van der Waals surface area contributed by atoms with Gasteiger partial charge in [-0.15, -0.1) is 16.7 Å². The van der Waals surface area contributed by atoms with Crippen molar-refractivity contribution in [2.75, 3.05) is 11.2 Å². The summed E-state index contributed by atoms with van der Waals surface area (Å²) in [6.45, 7) is 1.97. The highest BCUT2D eigenvalue weighted by Gasteiger charge is 2.06. The van der Waals surface area contributed by atoms with Gasteiger partial charge < -0.3 is 5.32 Å². The number of fused-ring (bicyclic) bond motifs is 1. The predicted molar refractivity (Wildman–Crippen MR) is 88.4 cm³/mol. The summed E-state index contributed by atoms with van der Waals surface area (Å²) in [6, 6.07) is 16.4. The van der Waals surface area contributed by atoms with E-state index in [4.69, 9.17) is 11.6 Å². The molecule has 3 nitrogen and oxygen atoms in total.